The summed E-state index contributed by atoms with van der Waals surface area (Å²) in [7, 11) is 0. The average molecular weight is 358 g/mol. The Kier molecular flexibility index (Phi) is 6.61. The number of aryl methyl sites for hydroxylation is 1. The molecule has 0 amide bonds. The molecule has 0 saturated carbocycles. The molecule has 0 unspecified atom stereocenters. The van der Waals surface area contributed by atoms with Crippen LogP contribution in [-0.2, 0) is 9.47 Å². The summed E-state index contributed by atoms with van der Waals surface area (Å²) < 4.78 is 16.2. The second kappa shape index (κ2) is 8.70. The molecule has 0 aliphatic heterocycles. The predicted molar refractivity (Wildman–Crippen MR) is 99.1 cm³/mol. The van der Waals surface area contributed by atoms with Gasteiger partial charge in [-0.1, -0.05) is 51.5 Å². The molecular weight excluding hydrogens is 332 g/mol. The first-order valence-corrected chi connectivity index (χ1v) is 8.82. The lowest BCUT2D eigenvalue weighted by molar-refractivity contribution is 0.0414. The van der Waals surface area contributed by atoms with Gasteiger partial charge in [0.1, 0.15) is 23.2 Å². The Bertz CT molecular complexity index is 770. The van der Waals surface area contributed by atoms with Crippen molar-refractivity contribution in [2.24, 2.45) is 11.8 Å². The Hall–Kier alpha value is -2.56. The maximum Gasteiger partial charge on any atom is 0.342 e. The van der Waals surface area contributed by atoms with E-state index in [0.717, 1.165) is 5.56 Å². The molecule has 0 saturated heterocycles. The summed E-state index contributed by atoms with van der Waals surface area (Å²) in [6.45, 7) is 10.3. The number of hydrogen-bond donors (Lipinski definition) is 0. The summed E-state index contributed by atoms with van der Waals surface area (Å²) in [6, 6.07) is 7.53. The maximum absolute atomic E-state index is 12.7. The van der Waals surface area contributed by atoms with Gasteiger partial charge in [-0.15, -0.1) is 0 Å². The van der Waals surface area contributed by atoms with Crippen LogP contribution in [0.5, 0.6) is 0 Å². The highest BCUT2D eigenvalue weighted by molar-refractivity contribution is 6.07. The van der Waals surface area contributed by atoms with Crippen LogP contribution in [0.4, 0.5) is 0 Å². The molecule has 26 heavy (non-hydrogen) atoms. The van der Waals surface area contributed by atoms with Crippen LogP contribution in [0.2, 0.25) is 0 Å². The van der Waals surface area contributed by atoms with Crippen molar-refractivity contribution in [3.05, 3.63) is 47.2 Å². The number of carbonyl (C=O) groups is 2. The van der Waals surface area contributed by atoms with E-state index >= 15 is 0 Å². The van der Waals surface area contributed by atoms with Gasteiger partial charge < -0.3 is 13.9 Å². The van der Waals surface area contributed by atoms with E-state index in [1.807, 2.05) is 58.9 Å². The molecule has 140 valence electrons. The lowest BCUT2D eigenvalue weighted by atomic mass is 10.0. The van der Waals surface area contributed by atoms with E-state index in [1.165, 1.54) is 6.26 Å². The summed E-state index contributed by atoms with van der Waals surface area (Å²) in [4.78, 5) is 25.1. The van der Waals surface area contributed by atoms with E-state index in [-0.39, 0.29) is 36.2 Å². The number of benzene rings is 1. The smallest absolute Gasteiger partial charge is 0.342 e. The van der Waals surface area contributed by atoms with Gasteiger partial charge in [0.2, 0.25) is 0 Å². The summed E-state index contributed by atoms with van der Waals surface area (Å²) in [6.07, 6.45) is 1.27. The fourth-order valence-corrected chi connectivity index (χ4v) is 2.34. The number of rotatable bonds is 7. The summed E-state index contributed by atoms with van der Waals surface area (Å²) >= 11 is 0. The van der Waals surface area contributed by atoms with Crippen LogP contribution >= 0.6 is 0 Å². The first-order chi connectivity index (χ1) is 12.3. The van der Waals surface area contributed by atoms with E-state index in [9.17, 15) is 9.59 Å². The molecule has 0 radical (unpaired) electrons. The van der Waals surface area contributed by atoms with Crippen LogP contribution < -0.4 is 0 Å². The number of carbonyl (C=O) groups excluding carboxylic acids is 2. The van der Waals surface area contributed by atoms with Crippen molar-refractivity contribution < 1.29 is 23.5 Å². The van der Waals surface area contributed by atoms with Gasteiger partial charge >= 0.3 is 11.9 Å². The molecule has 0 N–H and O–H groups in total. The van der Waals surface area contributed by atoms with Crippen molar-refractivity contribution in [2.45, 2.75) is 34.6 Å². The normalized spacial score (nSPS) is 11.0. The third-order valence-electron chi connectivity index (χ3n) is 3.59. The topological polar surface area (TPSA) is 65.7 Å². The van der Waals surface area contributed by atoms with Crippen LogP contribution in [0, 0.1) is 18.8 Å². The van der Waals surface area contributed by atoms with Crippen LogP contribution in [0.25, 0.3) is 11.3 Å². The zero-order valence-corrected chi connectivity index (χ0v) is 16.0. The third kappa shape index (κ3) is 4.97. The first kappa shape index (κ1) is 19.8. The SMILES string of the molecule is Cc1cccc(-c2occ(C(=O)OCC(C)C)c2C(=O)OCC(C)C)c1. The molecule has 0 fully saturated rings. The van der Waals surface area contributed by atoms with Gasteiger partial charge in [-0.05, 0) is 24.8 Å². The van der Waals surface area contributed by atoms with Crippen molar-refractivity contribution in [1.82, 2.24) is 0 Å². The first-order valence-electron chi connectivity index (χ1n) is 8.82. The molecular formula is C21H26O5. The molecule has 1 aromatic carbocycles. The van der Waals surface area contributed by atoms with E-state index in [2.05, 4.69) is 0 Å². The lowest BCUT2D eigenvalue weighted by Crippen LogP contribution is -2.16. The van der Waals surface area contributed by atoms with Crippen LogP contribution in [-0.4, -0.2) is 25.2 Å². The van der Waals surface area contributed by atoms with Gasteiger partial charge in [-0.25, -0.2) is 9.59 Å². The number of furan rings is 1. The Morgan fingerprint density at radius 1 is 1.00 bits per heavy atom. The zero-order chi connectivity index (χ0) is 19.3. The highest BCUT2D eigenvalue weighted by Crippen LogP contribution is 2.30. The van der Waals surface area contributed by atoms with Crippen LogP contribution in [0.1, 0.15) is 54.0 Å². The second-order valence-corrected chi connectivity index (χ2v) is 7.21. The fraction of sp³-hybridized carbons (Fsp3) is 0.429. The lowest BCUT2D eigenvalue weighted by Gasteiger charge is -2.10. The summed E-state index contributed by atoms with van der Waals surface area (Å²) in [5, 5.41) is 0. The van der Waals surface area contributed by atoms with Gasteiger partial charge in [0, 0.05) is 5.56 Å². The average Bonchev–Trinajstić information content (AvgIpc) is 3.02. The highest BCUT2D eigenvalue weighted by atomic mass is 16.5. The molecule has 0 spiro atoms. The number of ether oxygens (including phenoxy) is 2. The molecule has 5 heteroatoms. The minimum absolute atomic E-state index is 0.0934. The number of hydrogen-bond acceptors (Lipinski definition) is 5. The maximum atomic E-state index is 12.7. The fourth-order valence-electron chi connectivity index (χ4n) is 2.34. The standard InChI is InChI=1S/C21H26O5/c1-13(2)10-25-20(22)17-12-24-19(16-8-6-7-15(5)9-16)18(17)21(23)26-11-14(3)4/h6-9,12-14H,10-11H2,1-5H3. The van der Waals surface area contributed by atoms with Crippen molar-refractivity contribution in [3.8, 4) is 11.3 Å². The Morgan fingerprint density at radius 3 is 2.19 bits per heavy atom. The van der Waals surface area contributed by atoms with Crippen molar-refractivity contribution in [1.29, 1.82) is 0 Å². The Balaban J connectivity index is 2.42. The molecule has 0 aliphatic rings. The number of esters is 2. The second-order valence-electron chi connectivity index (χ2n) is 7.21. The van der Waals surface area contributed by atoms with E-state index in [1.54, 1.807) is 0 Å². The van der Waals surface area contributed by atoms with E-state index in [0.29, 0.717) is 11.3 Å². The van der Waals surface area contributed by atoms with E-state index in [4.69, 9.17) is 13.9 Å². The van der Waals surface area contributed by atoms with Crippen LogP contribution in [0.15, 0.2) is 34.9 Å². The molecule has 0 aliphatic carbocycles. The molecule has 0 bridgehead atoms. The molecule has 0 atom stereocenters. The van der Waals surface area contributed by atoms with Gasteiger partial charge in [0.25, 0.3) is 0 Å². The predicted octanol–water partition coefficient (Wildman–Crippen LogP) is 4.88. The summed E-state index contributed by atoms with van der Waals surface area (Å²) in [5.41, 5.74) is 1.94. The Morgan fingerprint density at radius 2 is 1.62 bits per heavy atom. The van der Waals surface area contributed by atoms with Gasteiger partial charge in [0.15, 0.2) is 0 Å². The molecule has 5 nitrogen and oxygen atoms in total. The van der Waals surface area contributed by atoms with Gasteiger partial charge in [-0.3, -0.25) is 0 Å². The third-order valence-corrected chi connectivity index (χ3v) is 3.59. The van der Waals surface area contributed by atoms with Crippen molar-refractivity contribution >= 4 is 11.9 Å². The van der Waals surface area contributed by atoms with Crippen molar-refractivity contribution in [2.75, 3.05) is 13.2 Å². The quantitative estimate of drug-likeness (QED) is 0.660. The zero-order valence-electron chi connectivity index (χ0n) is 16.0. The summed E-state index contributed by atoms with van der Waals surface area (Å²) in [5.74, 6) is -0.472. The van der Waals surface area contributed by atoms with Gasteiger partial charge in [0.05, 0.1) is 13.2 Å². The largest absolute Gasteiger partial charge is 0.462 e. The molecule has 1 heterocycles. The van der Waals surface area contributed by atoms with Crippen molar-refractivity contribution in [3.63, 3.8) is 0 Å². The molecule has 2 aromatic rings. The van der Waals surface area contributed by atoms with Crippen LogP contribution in [0.3, 0.4) is 0 Å². The van der Waals surface area contributed by atoms with Gasteiger partial charge in [-0.2, -0.15) is 0 Å². The Labute approximate surface area is 154 Å². The minimum Gasteiger partial charge on any atom is -0.462 e. The minimum atomic E-state index is -0.585. The monoisotopic (exact) mass is 358 g/mol. The highest BCUT2D eigenvalue weighted by Gasteiger charge is 2.28. The molecule has 2 rings (SSSR count). The van der Waals surface area contributed by atoms with E-state index < -0.39 is 11.9 Å². The molecule has 1 aromatic heterocycles.